The zero-order valence-corrected chi connectivity index (χ0v) is 5.94. The van der Waals surface area contributed by atoms with E-state index in [-0.39, 0.29) is 0 Å². The zero-order valence-electron chi connectivity index (χ0n) is 5.94. The van der Waals surface area contributed by atoms with Crippen molar-refractivity contribution in [2.75, 3.05) is 20.6 Å². The number of hydrogen-bond donors (Lipinski definition) is 1. The maximum absolute atomic E-state index is 11.8. The molecule has 0 spiro atoms. The fraction of sp³-hybridized carbons (Fsp3) is 1.00. The highest BCUT2D eigenvalue weighted by Gasteiger charge is 2.39. The minimum absolute atomic E-state index is 0.392. The third kappa shape index (κ3) is 2.53. The highest BCUT2D eigenvalue weighted by Crippen LogP contribution is 2.21. The number of nitrogens with zero attached hydrogens (tertiary/aromatic N) is 1. The molecule has 0 aromatic rings. The van der Waals surface area contributed by atoms with Crippen LogP contribution in [0.25, 0.3) is 0 Å². The molecule has 0 aromatic carbocycles. The fourth-order valence-electron chi connectivity index (χ4n) is 0.637. The zero-order chi connectivity index (χ0) is 8.36. The van der Waals surface area contributed by atoms with E-state index in [1.807, 2.05) is 0 Å². The van der Waals surface area contributed by atoms with Gasteiger partial charge >= 0.3 is 6.18 Å². The first kappa shape index (κ1) is 9.71. The van der Waals surface area contributed by atoms with E-state index < -0.39 is 18.8 Å². The van der Waals surface area contributed by atoms with Gasteiger partial charge in [-0.25, -0.2) is 0 Å². The summed E-state index contributed by atoms with van der Waals surface area (Å²) in [4.78, 5) is 1.06. The smallest absolute Gasteiger partial charge is 0.329 e. The minimum Gasteiger partial charge on any atom is -0.329 e. The predicted molar refractivity (Wildman–Crippen MR) is 32.6 cm³/mol. The first-order valence-electron chi connectivity index (χ1n) is 2.82. The maximum Gasteiger partial charge on any atom is 0.405 e. The van der Waals surface area contributed by atoms with Gasteiger partial charge in [-0.05, 0) is 14.1 Å². The molecular formula is C5H11F3N2. The van der Waals surface area contributed by atoms with Crippen LogP contribution in [0.1, 0.15) is 0 Å². The van der Waals surface area contributed by atoms with Gasteiger partial charge in [0, 0.05) is 6.54 Å². The number of rotatable bonds is 2. The highest BCUT2D eigenvalue weighted by molar-refractivity contribution is 4.74. The number of nitrogens with two attached hydrogens (primary N) is 1. The van der Waals surface area contributed by atoms with Crippen LogP contribution in [0.3, 0.4) is 0 Å². The lowest BCUT2D eigenvalue weighted by Gasteiger charge is -2.24. The Kier molecular flexibility index (Phi) is 3.11. The van der Waals surface area contributed by atoms with Gasteiger partial charge in [0.1, 0.15) is 6.04 Å². The summed E-state index contributed by atoms with van der Waals surface area (Å²) in [5, 5.41) is 0. The quantitative estimate of drug-likeness (QED) is 0.628. The van der Waals surface area contributed by atoms with Gasteiger partial charge in [0.15, 0.2) is 0 Å². The van der Waals surface area contributed by atoms with Crippen LogP contribution in [0.4, 0.5) is 13.2 Å². The molecule has 0 saturated carbocycles. The van der Waals surface area contributed by atoms with Crippen molar-refractivity contribution in [3.63, 3.8) is 0 Å². The molecule has 0 aliphatic carbocycles. The van der Waals surface area contributed by atoms with E-state index >= 15 is 0 Å². The molecule has 0 saturated heterocycles. The summed E-state index contributed by atoms with van der Waals surface area (Å²) in [6.45, 7) is -0.392. The van der Waals surface area contributed by atoms with Gasteiger partial charge in [-0.3, -0.25) is 4.90 Å². The molecule has 0 amide bonds. The van der Waals surface area contributed by atoms with Crippen LogP contribution >= 0.6 is 0 Å². The Hall–Kier alpha value is -0.290. The molecule has 1 unspecified atom stereocenters. The monoisotopic (exact) mass is 156 g/mol. The number of halogens is 3. The van der Waals surface area contributed by atoms with Gasteiger partial charge in [-0.15, -0.1) is 0 Å². The lowest BCUT2D eigenvalue weighted by molar-refractivity contribution is -0.174. The molecular weight excluding hydrogens is 145 g/mol. The van der Waals surface area contributed by atoms with E-state index in [2.05, 4.69) is 0 Å². The highest BCUT2D eigenvalue weighted by atomic mass is 19.4. The molecule has 10 heavy (non-hydrogen) atoms. The van der Waals surface area contributed by atoms with Crippen molar-refractivity contribution in [2.24, 2.45) is 5.73 Å². The molecule has 0 bridgehead atoms. The Bertz CT molecular complexity index is 99.6. The van der Waals surface area contributed by atoms with Crippen molar-refractivity contribution in [2.45, 2.75) is 12.2 Å². The lowest BCUT2D eigenvalue weighted by atomic mass is 10.3. The normalized spacial score (nSPS) is 15.9. The average molecular weight is 156 g/mol. The van der Waals surface area contributed by atoms with Gasteiger partial charge in [-0.1, -0.05) is 0 Å². The molecule has 0 aliphatic rings. The summed E-state index contributed by atoms with van der Waals surface area (Å²) in [7, 11) is 2.70. The Labute approximate surface area is 57.8 Å². The molecule has 62 valence electrons. The van der Waals surface area contributed by atoms with Gasteiger partial charge in [0.05, 0.1) is 0 Å². The maximum atomic E-state index is 11.8. The lowest BCUT2D eigenvalue weighted by Crippen LogP contribution is -2.46. The SMILES string of the molecule is CN(C)C(CN)C(F)(F)F. The minimum atomic E-state index is -4.21. The summed E-state index contributed by atoms with van der Waals surface area (Å²) in [5.41, 5.74) is 4.90. The second-order valence-corrected chi connectivity index (χ2v) is 2.26. The molecule has 0 aromatic heterocycles. The molecule has 2 N–H and O–H groups in total. The number of likely N-dealkylation sites (N-methyl/N-ethyl adjacent to an activating group) is 1. The molecule has 0 radical (unpaired) electrons. The Morgan fingerprint density at radius 3 is 1.80 bits per heavy atom. The van der Waals surface area contributed by atoms with Crippen molar-refractivity contribution in [1.82, 2.24) is 4.90 Å². The van der Waals surface area contributed by atoms with Crippen molar-refractivity contribution >= 4 is 0 Å². The van der Waals surface area contributed by atoms with Gasteiger partial charge < -0.3 is 5.73 Å². The summed E-state index contributed by atoms with van der Waals surface area (Å²) in [6.07, 6.45) is -4.21. The predicted octanol–water partition coefficient (Wildman–Crippen LogP) is 0.438. The van der Waals surface area contributed by atoms with E-state index in [0.717, 1.165) is 4.90 Å². The van der Waals surface area contributed by atoms with Crippen LogP contribution in [0.5, 0.6) is 0 Å². The third-order valence-corrected chi connectivity index (χ3v) is 1.22. The van der Waals surface area contributed by atoms with Crippen LogP contribution < -0.4 is 5.73 Å². The molecule has 5 heteroatoms. The second kappa shape index (κ2) is 3.21. The Balaban J connectivity index is 4.07. The van der Waals surface area contributed by atoms with E-state index in [1.54, 1.807) is 0 Å². The van der Waals surface area contributed by atoms with Crippen molar-refractivity contribution in [3.05, 3.63) is 0 Å². The summed E-state index contributed by atoms with van der Waals surface area (Å²) < 4.78 is 35.5. The molecule has 0 heterocycles. The first-order chi connectivity index (χ1) is 4.39. The average Bonchev–Trinajstić information content (AvgIpc) is 1.60. The van der Waals surface area contributed by atoms with Crippen LogP contribution in [0, 0.1) is 0 Å². The van der Waals surface area contributed by atoms with Crippen molar-refractivity contribution in [3.8, 4) is 0 Å². The molecule has 0 fully saturated rings. The van der Waals surface area contributed by atoms with E-state index in [1.165, 1.54) is 14.1 Å². The standard InChI is InChI=1S/C5H11F3N2/c1-10(2)4(3-9)5(6,7)8/h4H,3,9H2,1-2H3. The van der Waals surface area contributed by atoms with Crippen LogP contribution in [-0.4, -0.2) is 37.8 Å². The molecule has 1 atom stereocenters. The summed E-state index contributed by atoms with van der Waals surface area (Å²) in [6, 6.07) is -1.52. The van der Waals surface area contributed by atoms with E-state index in [4.69, 9.17) is 5.73 Å². The topological polar surface area (TPSA) is 29.3 Å². The Morgan fingerprint density at radius 2 is 1.80 bits per heavy atom. The first-order valence-corrected chi connectivity index (χ1v) is 2.82. The summed E-state index contributed by atoms with van der Waals surface area (Å²) in [5.74, 6) is 0. The van der Waals surface area contributed by atoms with Gasteiger partial charge in [0.25, 0.3) is 0 Å². The largest absolute Gasteiger partial charge is 0.405 e. The molecule has 2 nitrogen and oxygen atoms in total. The summed E-state index contributed by atoms with van der Waals surface area (Å²) >= 11 is 0. The second-order valence-electron chi connectivity index (χ2n) is 2.26. The van der Waals surface area contributed by atoms with E-state index in [9.17, 15) is 13.2 Å². The molecule has 0 rings (SSSR count). The van der Waals surface area contributed by atoms with Crippen LogP contribution in [-0.2, 0) is 0 Å². The third-order valence-electron chi connectivity index (χ3n) is 1.22. The Morgan fingerprint density at radius 1 is 1.40 bits per heavy atom. The number of hydrogen-bond acceptors (Lipinski definition) is 2. The van der Waals surface area contributed by atoms with E-state index in [0.29, 0.717) is 0 Å². The molecule has 0 aliphatic heterocycles. The van der Waals surface area contributed by atoms with Crippen LogP contribution in [0.2, 0.25) is 0 Å². The van der Waals surface area contributed by atoms with Gasteiger partial charge in [-0.2, -0.15) is 13.2 Å². The van der Waals surface area contributed by atoms with Crippen LogP contribution in [0.15, 0.2) is 0 Å². The fourth-order valence-corrected chi connectivity index (χ4v) is 0.637. The van der Waals surface area contributed by atoms with Crippen molar-refractivity contribution < 1.29 is 13.2 Å². The number of alkyl halides is 3. The van der Waals surface area contributed by atoms with Crippen molar-refractivity contribution in [1.29, 1.82) is 0 Å². The van der Waals surface area contributed by atoms with Gasteiger partial charge in [0.2, 0.25) is 0 Å².